The highest BCUT2D eigenvalue weighted by Gasteiger charge is 2.52. The molecule has 0 amide bonds. The molecule has 0 aromatic heterocycles. The number of halogens is 2. The van der Waals surface area contributed by atoms with E-state index >= 15 is 0 Å². The Morgan fingerprint density at radius 3 is 2.33 bits per heavy atom. The van der Waals surface area contributed by atoms with Crippen LogP contribution in [0.25, 0.3) is 6.08 Å². The summed E-state index contributed by atoms with van der Waals surface area (Å²) in [4.78, 5) is 0. The van der Waals surface area contributed by atoms with Crippen molar-refractivity contribution < 1.29 is 13.7 Å². The molecule has 2 rings (SSSR count). The van der Waals surface area contributed by atoms with Crippen LogP contribution in [0, 0.1) is 5.82 Å². The first-order valence-corrected chi connectivity index (χ1v) is 7.79. The Bertz CT molecular complexity index is 559. The molecule has 1 aromatic carbocycles. The van der Waals surface area contributed by atoms with Crippen molar-refractivity contribution in [3.8, 4) is 0 Å². The highest BCUT2D eigenvalue weighted by Crippen LogP contribution is 2.39. The molecule has 1 fully saturated rings. The molecule has 0 saturated carbocycles. The van der Waals surface area contributed by atoms with Gasteiger partial charge in [0.2, 0.25) is 0 Å². The van der Waals surface area contributed by atoms with Gasteiger partial charge < -0.3 is 9.31 Å². The second kappa shape index (κ2) is 5.96. The SMILES string of the molecule is CC1(C)OB(C(=Cc2ccc(Cl)cc2F)CS)OC1(C)C. The number of benzene rings is 1. The predicted molar refractivity (Wildman–Crippen MR) is 89.3 cm³/mol. The molecule has 1 aromatic rings. The number of hydrogen-bond donors (Lipinski definition) is 1. The summed E-state index contributed by atoms with van der Waals surface area (Å²) in [7, 11) is -0.525. The minimum absolute atomic E-state index is 0.368. The maximum atomic E-state index is 13.9. The standard InChI is InChI=1S/C15H19BClFO2S/c1-14(2)15(3,4)20-16(19-14)11(9-21)7-10-5-6-12(17)8-13(10)18/h5-8,21H,9H2,1-4H3. The van der Waals surface area contributed by atoms with Gasteiger partial charge in [0.05, 0.1) is 11.2 Å². The van der Waals surface area contributed by atoms with Gasteiger partial charge in [-0.3, -0.25) is 0 Å². The summed E-state index contributed by atoms with van der Waals surface area (Å²) in [6.07, 6.45) is 1.71. The summed E-state index contributed by atoms with van der Waals surface area (Å²) in [5, 5.41) is 0.368. The predicted octanol–water partition coefficient (Wildman–Crippen LogP) is 4.42. The highest BCUT2D eigenvalue weighted by molar-refractivity contribution is 7.80. The summed E-state index contributed by atoms with van der Waals surface area (Å²) >= 11 is 10.1. The average Bonchev–Trinajstić information content (AvgIpc) is 2.57. The summed E-state index contributed by atoms with van der Waals surface area (Å²) in [6, 6.07) is 4.57. The summed E-state index contributed by atoms with van der Waals surface area (Å²) in [6.45, 7) is 7.91. The Hall–Kier alpha value is -0.485. The maximum Gasteiger partial charge on any atom is 0.491 e. The summed E-state index contributed by atoms with van der Waals surface area (Å²) in [5.41, 5.74) is 0.354. The molecule has 0 atom stereocenters. The molecule has 0 N–H and O–H groups in total. The monoisotopic (exact) mass is 328 g/mol. The van der Waals surface area contributed by atoms with Crippen LogP contribution in [0.1, 0.15) is 33.3 Å². The maximum absolute atomic E-state index is 13.9. The first-order valence-electron chi connectivity index (χ1n) is 6.78. The van der Waals surface area contributed by atoms with E-state index < -0.39 is 18.3 Å². The molecule has 0 aliphatic carbocycles. The zero-order chi connectivity index (χ0) is 15.8. The molecule has 21 heavy (non-hydrogen) atoms. The van der Waals surface area contributed by atoms with Gasteiger partial charge in [-0.05, 0) is 45.3 Å². The van der Waals surface area contributed by atoms with Gasteiger partial charge in [0.1, 0.15) is 5.82 Å². The third-order valence-corrected chi connectivity index (χ3v) is 4.64. The number of thiol groups is 1. The van der Waals surface area contributed by atoms with Crippen LogP contribution in [0.15, 0.2) is 23.7 Å². The lowest BCUT2D eigenvalue weighted by atomic mass is 9.78. The highest BCUT2D eigenvalue weighted by atomic mass is 35.5. The van der Waals surface area contributed by atoms with Gasteiger partial charge in [-0.15, -0.1) is 0 Å². The summed E-state index contributed by atoms with van der Waals surface area (Å²) < 4.78 is 25.8. The topological polar surface area (TPSA) is 18.5 Å². The average molecular weight is 329 g/mol. The Balaban J connectivity index is 2.31. The minimum Gasteiger partial charge on any atom is -0.400 e. The smallest absolute Gasteiger partial charge is 0.400 e. The number of rotatable bonds is 3. The minimum atomic E-state index is -0.525. The van der Waals surface area contributed by atoms with E-state index in [4.69, 9.17) is 20.9 Å². The second-order valence-electron chi connectivity index (χ2n) is 6.13. The van der Waals surface area contributed by atoms with Gasteiger partial charge in [0.15, 0.2) is 0 Å². The quantitative estimate of drug-likeness (QED) is 0.654. The molecule has 0 unspecified atom stereocenters. The molecule has 2 nitrogen and oxygen atoms in total. The number of hydrogen-bond acceptors (Lipinski definition) is 3. The van der Waals surface area contributed by atoms with E-state index in [-0.39, 0.29) is 5.82 Å². The van der Waals surface area contributed by atoms with Crippen molar-refractivity contribution in [1.82, 2.24) is 0 Å². The van der Waals surface area contributed by atoms with Crippen molar-refractivity contribution in [3.05, 3.63) is 40.1 Å². The van der Waals surface area contributed by atoms with E-state index in [1.165, 1.54) is 6.07 Å². The molecule has 1 heterocycles. The molecule has 1 aliphatic rings. The fraction of sp³-hybridized carbons (Fsp3) is 0.467. The van der Waals surface area contributed by atoms with Crippen molar-refractivity contribution in [1.29, 1.82) is 0 Å². The Morgan fingerprint density at radius 2 is 1.86 bits per heavy atom. The lowest BCUT2D eigenvalue weighted by Crippen LogP contribution is -2.41. The van der Waals surface area contributed by atoms with E-state index in [1.807, 2.05) is 27.7 Å². The van der Waals surface area contributed by atoms with Gasteiger partial charge in [-0.2, -0.15) is 12.6 Å². The molecule has 1 aliphatic heterocycles. The van der Waals surface area contributed by atoms with Crippen molar-refractivity contribution >= 4 is 37.4 Å². The van der Waals surface area contributed by atoms with Crippen LogP contribution in [-0.2, 0) is 9.31 Å². The van der Waals surface area contributed by atoms with E-state index in [1.54, 1.807) is 18.2 Å². The first-order chi connectivity index (χ1) is 9.66. The van der Waals surface area contributed by atoms with Gasteiger partial charge in [0, 0.05) is 16.3 Å². The van der Waals surface area contributed by atoms with Crippen LogP contribution in [0.4, 0.5) is 4.39 Å². The van der Waals surface area contributed by atoms with Crippen LogP contribution in [0.2, 0.25) is 5.02 Å². The van der Waals surface area contributed by atoms with Crippen molar-refractivity contribution in [2.24, 2.45) is 0 Å². The van der Waals surface area contributed by atoms with Crippen LogP contribution in [0.3, 0.4) is 0 Å². The molecule has 114 valence electrons. The van der Waals surface area contributed by atoms with Gasteiger partial charge in [-0.1, -0.05) is 23.7 Å². The zero-order valence-electron chi connectivity index (χ0n) is 12.6. The molecular formula is C15H19BClFO2S. The lowest BCUT2D eigenvalue weighted by Gasteiger charge is -2.32. The van der Waals surface area contributed by atoms with Crippen LogP contribution >= 0.6 is 24.2 Å². The molecular weight excluding hydrogens is 309 g/mol. The van der Waals surface area contributed by atoms with Crippen molar-refractivity contribution in [3.63, 3.8) is 0 Å². The van der Waals surface area contributed by atoms with Crippen molar-refractivity contribution in [2.75, 3.05) is 5.75 Å². The van der Waals surface area contributed by atoms with E-state index in [0.29, 0.717) is 16.3 Å². The Labute approximate surface area is 136 Å². The van der Waals surface area contributed by atoms with E-state index in [0.717, 1.165) is 5.47 Å². The molecule has 0 radical (unpaired) electrons. The van der Waals surface area contributed by atoms with E-state index in [9.17, 15) is 4.39 Å². The van der Waals surface area contributed by atoms with Crippen LogP contribution in [0.5, 0.6) is 0 Å². The first kappa shape index (κ1) is 16.9. The van der Waals surface area contributed by atoms with Crippen LogP contribution in [-0.4, -0.2) is 24.1 Å². The summed E-state index contributed by atoms with van der Waals surface area (Å²) in [5.74, 6) is 0.0390. The van der Waals surface area contributed by atoms with Gasteiger partial charge >= 0.3 is 7.12 Å². The third-order valence-electron chi connectivity index (χ3n) is 4.04. The fourth-order valence-corrected chi connectivity index (χ4v) is 2.40. The van der Waals surface area contributed by atoms with E-state index in [2.05, 4.69) is 12.6 Å². The van der Waals surface area contributed by atoms with Gasteiger partial charge in [0.25, 0.3) is 0 Å². The second-order valence-corrected chi connectivity index (χ2v) is 6.88. The third kappa shape index (κ3) is 3.47. The normalized spacial score (nSPS) is 20.9. The van der Waals surface area contributed by atoms with Gasteiger partial charge in [-0.25, -0.2) is 4.39 Å². The molecule has 1 saturated heterocycles. The Morgan fingerprint density at radius 1 is 1.29 bits per heavy atom. The largest absolute Gasteiger partial charge is 0.491 e. The van der Waals surface area contributed by atoms with Crippen LogP contribution < -0.4 is 0 Å². The fourth-order valence-electron chi connectivity index (χ4n) is 2.00. The molecule has 6 heteroatoms. The van der Waals surface area contributed by atoms with Crippen molar-refractivity contribution in [2.45, 2.75) is 38.9 Å². The Kier molecular flexibility index (Phi) is 4.79. The molecule has 0 spiro atoms. The lowest BCUT2D eigenvalue weighted by molar-refractivity contribution is 0.00578. The zero-order valence-corrected chi connectivity index (χ0v) is 14.3. The molecule has 0 bridgehead atoms.